The fraction of sp³-hybridized carbons (Fsp3) is 0.138. The van der Waals surface area contributed by atoms with Crippen molar-refractivity contribution in [3.8, 4) is 33.4 Å². The van der Waals surface area contributed by atoms with E-state index in [1.165, 1.54) is 44.8 Å². The van der Waals surface area contributed by atoms with Crippen LogP contribution in [0.25, 0.3) is 33.4 Å². The number of hydrogen-bond acceptors (Lipinski definition) is 1. The van der Waals surface area contributed by atoms with Crippen LogP contribution < -0.4 is 0 Å². The van der Waals surface area contributed by atoms with E-state index in [1.807, 2.05) is 0 Å². The minimum absolute atomic E-state index is 1.02. The predicted octanol–water partition coefficient (Wildman–Crippen LogP) is 7.55. The molecule has 5 rings (SSSR count). The van der Waals surface area contributed by atoms with Crippen LogP contribution in [0.15, 0.2) is 99.9 Å². The number of hydrogen-bond donors (Lipinski definition) is 0. The summed E-state index contributed by atoms with van der Waals surface area (Å²) in [4.78, 5) is 2.38. The highest BCUT2D eigenvalue weighted by Crippen LogP contribution is 2.39. The summed E-state index contributed by atoms with van der Waals surface area (Å²) < 4.78 is 4.55. The average molecular weight is 561 g/mol. The first-order valence-electron chi connectivity index (χ1n) is 11.1. The molecule has 1 aliphatic heterocycles. The van der Waals surface area contributed by atoms with E-state index < -0.39 is 0 Å². The number of likely N-dealkylation sites (N-methyl/N-ethyl adjacent to an activating group) is 2. The van der Waals surface area contributed by atoms with E-state index in [0.717, 1.165) is 22.0 Å². The fourth-order valence-corrected chi connectivity index (χ4v) is 5.11. The molecule has 0 radical (unpaired) electrons. The van der Waals surface area contributed by atoms with Crippen molar-refractivity contribution < 1.29 is 4.58 Å². The van der Waals surface area contributed by atoms with E-state index in [2.05, 4.69) is 146 Å². The van der Waals surface area contributed by atoms with Gasteiger partial charge >= 0.3 is 0 Å². The molecule has 1 heterocycles. The molecule has 0 aromatic heterocycles. The monoisotopic (exact) mass is 559 g/mol. The van der Waals surface area contributed by atoms with Crippen molar-refractivity contribution in [2.45, 2.75) is 0 Å². The maximum absolute atomic E-state index is 3.60. The Morgan fingerprint density at radius 1 is 0.667 bits per heavy atom. The van der Waals surface area contributed by atoms with Gasteiger partial charge in [-0.3, -0.25) is 9.48 Å². The smallest absolute Gasteiger partial charge is 0.260 e. The molecule has 0 N–H and O–H groups in total. The van der Waals surface area contributed by atoms with Crippen LogP contribution in [0.4, 0.5) is 0 Å². The molecule has 4 heteroatoms. The zero-order valence-corrected chi connectivity index (χ0v) is 21.9. The second kappa shape index (κ2) is 9.28. The summed E-state index contributed by atoms with van der Waals surface area (Å²) in [6.07, 6.45) is 0. The third-order valence-electron chi connectivity index (χ3n) is 6.27. The van der Waals surface area contributed by atoms with Gasteiger partial charge in [0.05, 0.1) is 19.7 Å². The first kappa shape index (κ1) is 22.1. The highest BCUT2D eigenvalue weighted by molar-refractivity contribution is 9.10. The van der Waals surface area contributed by atoms with Crippen LogP contribution in [0.2, 0.25) is 0 Å². The molecule has 0 amide bonds. The van der Waals surface area contributed by atoms with Crippen molar-refractivity contribution in [2.75, 3.05) is 27.2 Å². The summed E-state index contributed by atoms with van der Waals surface area (Å²) in [5.74, 6) is 1.27. The zero-order valence-electron chi connectivity index (χ0n) is 18.7. The van der Waals surface area contributed by atoms with Crippen molar-refractivity contribution in [2.24, 2.45) is 0 Å². The molecule has 33 heavy (non-hydrogen) atoms. The van der Waals surface area contributed by atoms with Crippen LogP contribution in [0.1, 0.15) is 5.56 Å². The molecular formula is C29H25Br2N2+. The Hall–Kier alpha value is -2.69. The maximum atomic E-state index is 3.60. The Labute approximate surface area is 212 Å². The van der Waals surface area contributed by atoms with E-state index in [0.29, 0.717) is 0 Å². The molecule has 4 aromatic carbocycles. The van der Waals surface area contributed by atoms with Gasteiger partial charge < -0.3 is 0 Å². The van der Waals surface area contributed by atoms with Crippen LogP contribution in [0, 0.1) is 0 Å². The Morgan fingerprint density at radius 3 is 1.64 bits per heavy atom. The summed E-state index contributed by atoms with van der Waals surface area (Å²) >= 11 is 7.21. The summed E-state index contributed by atoms with van der Waals surface area (Å²) in [7, 11) is 4.39. The van der Waals surface area contributed by atoms with Gasteiger partial charge in [-0.1, -0.05) is 86.5 Å². The quantitative estimate of drug-likeness (QED) is 0.234. The van der Waals surface area contributed by atoms with Crippen LogP contribution >= 0.6 is 31.9 Å². The van der Waals surface area contributed by atoms with Gasteiger partial charge in [-0.25, -0.2) is 0 Å². The molecule has 0 spiro atoms. The molecule has 0 bridgehead atoms. The lowest BCUT2D eigenvalue weighted by molar-refractivity contribution is -0.486. The fourth-order valence-electron chi connectivity index (χ4n) is 4.58. The first-order chi connectivity index (χ1) is 16.0. The van der Waals surface area contributed by atoms with Crippen LogP contribution in [-0.2, 0) is 0 Å². The Bertz CT molecular complexity index is 1260. The van der Waals surface area contributed by atoms with Crippen LogP contribution in [0.3, 0.4) is 0 Å². The minimum atomic E-state index is 1.02. The summed E-state index contributed by atoms with van der Waals surface area (Å²) in [5, 5.41) is 0. The van der Waals surface area contributed by atoms with Gasteiger partial charge in [0.1, 0.15) is 13.1 Å². The number of rotatable bonds is 4. The molecule has 164 valence electrons. The molecule has 0 saturated carbocycles. The van der Waals surface area contributed by atoms with Crippen LogP contribution in [0.5, 0.6) is 0 Å². The second-order valence-electron chi connectivity index (χ2n) is 8.49. The Balaban J connectivity index is 1.87. The molecule has 0 unspecified atom stereocenters. The number of nitrogens with zero attached hydrogens (tertiary/aromatic N) is 2. The normalized spacial score (nSPS) is 13.6. The predicted molar refractivity (Wildman–Crippen MR) is 146 cm³/mol. The van der Waals surface area contributed by atoms with Gasteiger partial charge in [-0.2, -0.15) is 0 Å². The van der Waals surface area contributed by atoms with Crippen LogP contribution in [-0.4, -0.2) is 42.5 Å². The summed E-state index contributed by atoms with van der Waals surface area (Å²) in [6, 6.07) is 32.7. The highest BCUT2D eigenvalue weighted by Gasteiger charge is 2.32. The molecule has 2 nitrogen and oxygen atoms in total. The van der Waals surface area contributed by atoms with Crippen molar-refractivity contribution in [3.63, 3.8) is 0 Å². The molecule has 0 atom stereocenters. The van der Waals surface area contributed by atoms with Crippen molar-refractivity contribution in [1.29, 1.82) is 0 Å². The molecule has 0 fully saturated rings. The first-order valence-corrected chi connectivity index (χ1v) is 12.6. The topological polar surface area (TPSA) is 6.25 Å². The largest absolute Gasteiger partial charge is 0.280 e. The van der Waals surface area contributed by atoms with Gasteiger partial charge in [-0.15, -0.1) is 0 Å². The third kappa shape index (κ3) is 4.42. The molecule has 0 saturated heterocycles. The lowest BCUT2D eigenvalue weighted by Gasteiger charge is -2.19. The molecular weight excluding hydrogens is 536 g/mol. The van der Waals surface area contributed by atoms with E-state index in [-0.39, 0.29) is 0 Å². The van der Waals surface area contributed by atoms with E-state index >= 15 is 0 Å². The van der Waals surface area contributed by atoms with E-state index in [9.17, 15) is 0 Å². The molecule has 0 aliphatic carbocycles. The van der Waals surface area contributed by atoms with Crippen molar-refractivity contribution in [3.05, 3.63) is 106 Å². The van der Waals surface area contributed by atoms with E-state index in [1.54, 1.807) is 0 Å². The minimum Gasteiger partial charge on any atom is -0.260 e. The highest BCUT2D eigenvalue weighted by atomic mass is 79.9. The number of amidine groups is 1. The van der Waals surface area contributed by atoms with Gasteiger partial charge in [0.15, 0.2) is 0 Å². The lowest BCUT2D eigenvalue weighted by atomic mass is 9.87. The lowest BCUT2D eigenvalue weighted by Crippen LogP contribution is -2.27. The molecule has 1 aliphatic rings. The van der Waals surface area contributed by atoms with Gasteiger partial charge in [0.25, 0.3) is 5.84 Å². The second-order valence-corrected chi connectivity index (χ2v) is 10.3. The molecule has 4 aromatic rings. The van der Waals surface area contributed by atoms with Gasteiger partial charge in [0.2, 0.25) is 0 Å². The Morgan fingerprint density at radius 2 is 1.18 bits per heavy atom. The number of benzene rings is 4. The standard InChI is InChI=1S/C29H25Br2N2/c1-32-16-17-33(2)29(32)28-26(21-8-12-24(30)13-9-21)18-23(20-6-4-3-5-7-20)19-27(28)22-10-14-25(31)15-11-22/h3-15,18-19H,16-17H2,1-2H3/q+1. The SMILES string of the molecule is CN1CC[N+](C)=C1c1c(-c2ccc(Br)cc2)cc(-c2ccccc2)cc1-c1ccc(Br)cc1. The maximum Gasteiger partial charge on any atom is 0.280 e. The average Bonchev–Trinajstić information content (AvgIpc) is 3.17. The van der Waals surface area contributed by atoms with Gasteiger partial charge in [-0.05, 0) is 69.8 Å². The third-order valence-corrected chi connectivity index (χ3v) is 7.33. The van der Waals surface area contributed by atoms with Crippen molar-refractivity contribution in [1.82, 2.24) is 4.90 Å². The van der Waals surface area contributed by atoms with Gasteiger partial charge in [0, 0.05) is 8.95 Å². The summed E-state index contributed by atoms with van der Waals surface area (Å²) in [5.41, 5.74) is 8.64. The number of halogens is 2. The Kier molecular flexibility index (Phi) is 6.22. The zero-order chi connectivity index (χ0) is 22.9. The van der Waals surface area contributed by atoms with E-state index in [4.69, 9.17) is 0 Å². The van der Waals surface area contributed by atoms with Crippen molar-refractivity contribution >= 4 is 37.7 Å². The summed E-state index contributed by atoms with van der Waals surface area (Å²) in [6.45, 7) is 2.04.